The van der Waals surface area contributed by atoms with Crippen molar-refractivity contribution in [1.82, 2.24) is 5.32 Å². The van der Waals surface area contributed by atoms with Crippen LogP contribution in [0.4, 0.5) is 0 Å². The molecule has 0 aliphatic carbocycles. The third-order valence-electron chi connectivity index (χ3n) is 3.30. The molecule has 0 aromatic heterocycles. The van der Waals surface area contributed by atoms with Crippen molar-refractivity contribution in [2.45, 2.75) is 33.7 Å². The number of carbonyl (C=O) groups excluding carboxylic acids is 1. The van der Waals surface area contributed by atoms with Crippen molar-refractivity contribution in [3.05, 3.63) is 35.4 Å². The summed E-state index contributed by atoms with van der Waals surface area (Å²) in [6.07, 6.45) is 0.514. The second-order valence-corrected chi connectivity index (χ2v) is 5.21. The topological polar surface area (TPSA) is 55.1 Å². The van der Waals surface area contributed by atoms with E-state index in [0.29, 0.717) is 25.4 Å². The Kier molecular flexibility index (Phi) is 5.86. The zero-order valence-electron chi connectivity index (χ0n) is 11.6. The van der Waals surface area contributed by atoms with Gasteiger partial charge in [-0.2, -0.15) is 0 Å². The molecular weight excluding hydrogens is 224 g/mol. The number of amides is 1. The molecule has 1 rings (SSSR count). The number of carbonyl (C=O) groups is 1. The molecule has 100 valence electrons. The fourth-order valence-electron chi connectivity index (χ4n) is 1.81. The van der Waals surface area contributed by atoms with Gasteiger partial charge in [0.05, 0.1) is 0 Å². The lowest BCUT2D eigenvalue weighted by Gasteiger charge is -2.18. The molecule has 1 unspecified atom stereocenters. The van der Waals surface area contributed by atoms with Crippen LogP contribution in [0.15, 0.2) is 24.3 Å². The van der Waals surface area contributed by atoms with Gasteiger partial charge in [-0.05, 0) is 30.9 Å². The van der Waals surface area contributed by atoms with Crippen molar-refractivity contribution >= 4 is 5.91 Å². The molecule has 3 nitrogen and oxygen atoms in total. The van der Waals surface area contributed by atoms with E-state index in [1.807, 2.05) is 12.1 Å². The number of hydrogen-bond donors (Lipinski definition) is 2. The molecule has 1 aromatic rings. The summed E-state index contributed by atoms with van der Waals surface area (Å²) in [7, 11) is 0. The van der Waals surface area contributed by atoms with E-state index in [4.69, 9.17) is 5.73 Å². The van der Waals surface area contributed by atoms with E-state index >= 15 is 0 Å². The smallest absolute Gasteiger partial charge is 0.220 e. The lowest BCUT2D eigenvalue weighted by atomic mass is 9.92. The van der Waals surface area contributed by atoms with E-state index in [9.17, 15) is 4.79 Å². The highest BCUT2D eigenvalue weighted by Crippen LogP contribution is 2.13. The predicted octanol–water partition coefficient (Wildman–Crippen LogP) is 2.23. The maximum Gasteiger partial charge on any atom is 0.220 e. The number of hydrogen-bond acceptors (Lipinski definition) is 2. The number of nitrogens with two attached hydrogens (primary N) is 1. The first kappa shape index (κ1) is 14.7. The van der Waals surface area contributed by atoms with E-state index in [0.717, 1.165) is 5.56 Å². The minimum atomic E-state index is 0.0831. The van der Waals surface area contributed by atoms with E-state index < -0.39 is 0 Å². The minimum Gasteiger partial charge on any atom is -0.352 e. The summed E-state index contributed by atoms with van der Waals surface area (Å²) in [5, 5.41) is 2.94. The van der Waals surface area contributed by atoms with Gasteiger partial charge in [0.25, 0.3) is 0 Å². The van der Waals surface area contributed by atoms with Gasteiger partial charge in [-0.3, -0.25) is 4.79 Å². The van der Waals surface area contributed by atoms with Crippen molar-refractivity contribution in [2.24, 2.45) is 17.6 Å². The van der Waals surface area contributed by atoms with E-state index in [1.54, 1.807) is 0 Å². The number of benzene rings is 1. The van der Waals surface area contributed by atoms with Crippen molar-refractivity contribution in [1.29, 1.82) is 0 Å². The molecule has 0 saturated carbocycles. The Balaban J connectivity index is 2.39. The van der Waals surface area contributed by atoms with Crippen LogP contribution >= 0.6 is 0 Å². The Morgan fingerprint density at radius 2 is 1.89 bits per heavy atom. The lowest BCUT2D eigenvalue weighted by molar-refractivity contribution is -0.122. The zero-order valence-corrected chi connectivity index (χ0v) is 11.6. The average Bonchev–Trinajstić information content (AvgIpc) is 2.35. The third kappa shape index (κ3) is 4.88. The molecule has 0 fully saturated rings. The van der Waals surface area contributed by atoms with Crippen LogP contribution in [0.5, 0.6) is 0 Å². The minimum absolute atomic E-state index is 0.0831. The highest BCUT2D eigenvalue weighted by molar-refractivity contribution is 5.76. The normalized spacial score (nSPS) is 12.5. The molecule has 0 heterocycles. The Morgan fingerprint density at radius 1 is 1.28 bits per heavy atom. The molecule has 0 radical (unpaired) electrons. The van der Waals surface area contributed by atoms with Gasteiger partial charge in [0.2, 0.25) is 5.91 Å². The lowest BCUT2D eigenvalue weighted by Crippen LogP contribution is -2.30. The van der Waals surface area contributed by atoms with Crippen LogP contribution in [0, 0.1) is 18.8 Å². The van der Waals surface area contributed by atoms with Crippen molar-refractivity contribution in [2.75, 3.05) is 6.54 Å². The molecule has 0 bridgehead atoms. The van der Waals surface area contributed by atoms with Crippen LogP contribution in [0.1, 0.15) is 31.4 Å². The Morgan fingerprint density at radius 3 is 2.39 bits per heavy atom. The Labute approximate surface area is 110 Å². The van der Waals surface area contributed by atoms with Crippen molar-refractivity contribution < 1.29 is 4.79 Å². The molecule has 0 spiro atoms. The summed E-state index contributed by atoms with van der Waals surface area (Å²) >= 11 is 0. The fraction of sp³-hybridized carbons (Fsp3) is 0.533. The molecule has 1 atom stereocenters. The zero-order chi connectivity index (χ0) is 13.5. The van der Waals surface area contributed by atoms with Gasteiger partial charge in [-0.15, -0.1) is 0 Å². The third-order valence-corrected chi connectivity index (χ3v) is 3.30. The highest BCUT2D eigenvalue weighted by Gasteiger charge is 2.15. The Hall–Kier alpha value is -1.35. The second kappa shape index (κ2) is 7.17. The first-order valence-electron chi connectivity index (χ1n) is 6.55. The van der Waals surface area contributed by atoms with Gasteiger partial charge in [0.1, 0.15) is 0 Å². The van der Waals surface area contributed by atoms with Crippen LogP contribution in [0.3, 0.4) is 0 Å². The highest BCUT2D eigenvalue weighted by atomic mass is 16.1. The first-order valence-corrected chi connectivity index (χ1v) is 6.55. The van der Waals surface area contributed by atoms with E-state index in [1.165, 1.54) is 5.56 Å². The predicted molar refractivity (Wildman–Crippen MR) is 75.0 cm³/mol. The van der Waals surface area contributed by atoms with Crippen LogP contribution < -0.4 is 11.1 Å². The molecule has 0 aliphatic heterocycles. The molecular formula is C15H24N2O. The number of rotatable bonds is 6. The Bertz CT molecular complexity index is 371. The second-order valence-electron chi connectivity index (χ2n) is 5.21. The maximum absolute atomic E-state index is 11.8. The average molecular weight is 248 g/mol. The number of nitrogens with one attached hydrogen (secondary N) is 1. The van der Waals surface area contributed by atoms with Crippen molar-refractivity contribution in [3.8, 4) is 0 Å². The van der Waals surface area contributed by atoms with Gasteiger partial charge in [-0.25, -0.2) is 0 Å². The monoisotopic (exact) mass is 248 g/mol. The van der Waals surface area contributed by atoms with Gasteiger partial charge in [-0.1, -0.05) is 43.7 Å². The number of aryl methyl sites for hydroxylation is 1. The summed E-state index contributed by atoms with van der Waals surface area (Å²) in [4.78, 5) is 11.8. The van der Waals surface area contributed by atoms with Crippen LogP contribution in [-0.2, 0) is 11.3 Å². The quantitative estimate of drug-likeness (QED) is 0.811. The molecule has 3 N–H and O–H groups in total. The van der Waals surface area contributed by atoms with Gasteiger partial charge >= 0.3 is 0 Å². The van der Waals surface area contributed by atoms with E-state index in [-0.39, 0.29) is 11.8 Å². The first-order chi connectivity index (χ1) is 8.52. The fourth-order valence-corrected chi connectivity index (χ4v) is 1.81. The molecule has 1 aromatic carbocycles. The summed E-state index contributed by atoms with van der Waals surface area (Å²) in [6.45, 7) is 7.41. The largest absolute Gasteiger partial charge is 0.352 e. The molecule has 0 aliphatic rings. The van der Waals surface area contributed by atoms with Gasteiger partial charge in [0.15, 0.2) is 0 Å². The van der Waals surface area contributed by atoms with Gasteiger partial charge < -0.3 is 11.1 Å². The molecule has 3 heteroatoms. The summed E-state index contributed by atoms with van der Waals surface area (Å²) < 4.78 is 0. The summed E-state index contributed by atoms with van der Waals surface area (Å²) in [5.74, 6) is 0.794. The molecule has 1 amide bonds. The summed E-state index contributed by atoms with van der Waals surface area (Å²) in [6, 6.07) is 8.19. The van der Waals surface area contributed by atoms with Crippen LogP contribution in [-0.4, -0.2) is 12.5 Å². The standard InChI is InChI=1S/C15H24N2O/c1-11(2)14(9-16)8-15(18)17-10-13-6-4-12(3)5-7-13/h4-7,11,14H,8-10,16H2,1-3H3,(H,17,18). The maximum atomic E-state index is 11.8. The van der Waals surface area contributed by atoms with Crippen molar-refractivity contribution in [3.63, 3.8) is 0 Å². The van der Waals surface area contributed by atoms with Crippen LogP contribution in [0.2, 0.25) is 0 Å². The SMILES string of the molecule is Cc1ccc(CNC(=O)CC(CN)C(C)C)cc1. The molecule has 18 heavy (non-hydrogen) atoms. The molecule has 0 saturated heterocycles. The van der Waals surface area contributed by atoms with E-state index in [2.05, 4.69) is 38.2 Å². The summed E-state index contributed by atoms with van der Waals surface area (Å²) in [5.41, 5.74) is 8.02. The van der Waals surface area contributed by atoms with Gasteiger partial charge in [0, 0.05) is 13.0 Å². The van der Waals surface area contributed by atoms with Crippen LogP contribution in [0.25, 0.3) is 0 Å².